The van der Waals surface area contributed by atoms with E-state index in [1.54, 1.807) is 6.07 Å². The summed E-state index contributed by atoms with van der Waals surface area (Å²) in [5, 5.41) is 18.1. The van der Waals surface area contributed by atoms with E-state index in [4.69, 9.17) is 10.4 Å². The second kappa shape index (κ2) is 9.73. The van der Waals surface area contributed by atoms with Crippen molar-refractivity contribution in [2.45, 2.75) is 44.3 Å². The standard InChI is InChI=1S/C24H23FN4O4S2/c1-14(2)23-22-20(13-29(23)12-16-3-6-17(11-26)19(25)9-16)34-24(27-22)28-35(32,33)18-7-4-15(5-8-18)10-21(30)31/h3-9,14,23H,10,12-13H2,1-2H3,(H,27,28)(H,30,31). The predicted octanol–water partition coefficient (Wildman–Crippen LogP) is 4.29. The van der Waals surface area contributed by atoms with Crippen LogP contribution in [0.2, 0.25) is 0 Å². The SMILES string of the molecule is CC(C)C1c2nc(NS(=O)(=O)c3ccc(CC(=O)O)cc3)sc2CN1Cc1ccc(C#N)c(F)c1. The van der Waals surface area contributed by atoms with Crippen LogP contribution in [-0.4, -0.2) is 29.4 Å². The molecule has 0 saturated heterocycles. The van der Waals surface area contributed by atoms with E-state index in [-0.39, 0.29) is 34.0 Å². The van der Waals surface area contributed by atoms with Crippen molar-refractivity contribution in [3.63, 3.8) is 0 Å². The number of fused-ring (bicyclic) bond motifs is 1. The minimum atomic E-state index is -3.89. The predicted molar refractivity (Wildman–Crippen MR) is 129 cm³/mol. The zero-order valence-corrected chi connectivity index (χ0v) is 20.7. The first-order valence-electron chi connectivity index (χ1n) is 10.8. The van der Waals surface area contributed by atoms with E-state index >= 15 is 0 Å². The van der Waals surface area contributed by atoms with Gasteiger partial charge >= 0.3 is 5.97 Å². The maximum atomic E-state index is 14.1. The fourth-order valence-corrected chi connectivity index (χ4v) is 6.48. The van der Waals surface area contributed by atoms with Crippen molar-refractivity contribution in [1.29, 1.82) is 5.26 Å². The molecule has 1 aromatic heterocycles. The molecule has 0 bridgehead atoms. The largest absolute Gasteiger partial charge is 0.481 e. The molecule has 2 N–H and O–H groups in total. The first-order chi connectivity index (χ1) is 16.6. The summed E-state index contributed by atoms with van der Waals surface area (Å²) in [5.41, 5.74) is 2.06. The van der Waals surface area contributed by atoms with Crippen molar-refractivity contribution in [3.8, 4) is 6.07 Å². The number of carboxylic acids is 1. The molecular weight excluding hydrogens is 491 g/mol. The van der Waals surface area contributed by atoms with Crippen LogP contribution in [0.4, 0.5) is 9.52 Å². The molecule has 0 amide bonds. The summed E-state index contributed by atoms with van der Waals surface area (Å²) in [7, 11) is -3.89. The number of nitriles is 1. The smallest absolute Gasteiger partial charge is 0.307 e. The lowest BCUT2D eigenvalue weighted by Gasteiger charge is -2.27. The van der Waals surface area contributed by atoms with Gasteiger partial charge < -0.3 is 5.11 Å². The van der Waals surface area contributed by atoms with Crippen LogP contribution in [-0.2, 0) is 34.3 Å². The lowest BCUT2D eigenvalue weighted by molar-refractivity contribution is -0.136. The Balaban J connectivity index is 1.51. The Bertz CT molecular complexity index is 1410. The number of rotatable bonds is 8. The zero-order chi connectivity index (χ0) is 25.3. The molecule has 4 rings (SSSR count). The molecule has 0 saturated carbocycles. The van der Waals surface area contributed by atoms with Crippen LogP contribution < -0.4 is 4.72 Å². The second-order valence-corrected chi connectivity index (χ2v) is 11.4. The number of benzene rings is 2. The molecule has 2 heterocycles. The van der Waals surface area contributed by atoms with Crippen molar-refractivity contribution >= 4 is 32.5 Å². The van der Waals surface area contributed by atoms with Gasteiger partial charge in [-0.15, -0.1) is 0 Å². The van der Waals surface area contributed by atoms with E-state index in [1.165, 1.54) is 47.7 Å². The van der Waals surface area contributed by atoms with Crippen molar-refractivity contribution in [2.24, 2.45) is 5.92 Å². The Morgan fingerprint density at radius 3 is 2.57 bits per heavy atom. The van der Waals surface area contributed by atoms with Gasteiger partial charge in [0, 0.05) is 18.0 Å². The molecule has 1 unspecified atom stereocenters. The number of nitrogens with zero attached hydrogens (tertiary/aromatic N) is 3. The molecule has 1 aliphatic rings. The monoisotopic (exact) mass is 514 g/mol. The highest BCUT2D eigenvalue weighted by atomic mass is 32.2. The topological polar surface area (TPSA) is 123 Å². The number of carboxylic acid groups (broad SMARTS) is 1. The van der Waals surface area contributed by atoms with Crippen molar-refractivity contribution in [2.75, 3.05) is 4.72 Å². The number of anilines is 1. The lowest BCUT2D eigenvalue weighted by atomic mass is 10.0. The minimum Gasteiger partial charge on any atom is -0.481 e. The second-order valence-electron chi connectivity index (χ2n) is 8.67. The van der Waals surface area contributed by atoms with Gasteiger partial charge in [-0.2, -0.15) is 5.26 Å². The van der Waals surface area contributed by atoms with E-state index in [2.05, 4.69) is 14.6 Å². The van der Waals surface area contributed by atoms with Crippen LogP contribution in [0.3, 0.4) is 0 Å². The van der Waals surface area contributed by atoms with Gasteiger partial charge in [0.05, 0.1) is 28.6 Å². The van der Waals surface area contributed by atoms with Crippen LogP contribution in [0.5, 0.6) is 0 Å². The zero-order valence-electron chi connectivity index (χ0n) is 19.0. The van der Waals surface area contributed by atoms with Gasteiger partial charge in [0.2, 0.25) is 0 Å². The maximum Gasteiger partial charge on any atom is 0.307 e. The number of thiazole rings is 1. The molecule has 11 heteroatoms. The number of aliphatic carboxylic acids is 1. The molecule has 0 spiro atoms. The van der Waals surface area contributed by atoms with Gasteiger partial charge in [0.25, 0.3) is 10.0 Å². The van der Waals surface area contributed by atoms with E-state index < -0.39 is 21.8 Å². The van der Waals surface area contributed by atoms with E-state index in [9.17, 15) is 17.6 Å². The number of sulfonamides is 1. The number of hydrogen-bond donors (Lipinski definition) is 2. The summed E-state index contributed by atoms with van der Waals surface area (Å²) in [6.07, 6.45) is -0.185. The molecule has 0 aliphatic carbocycles. The Labute approximate surface area is 206 Å². The van der Waals surface area contributed by atoms with Crippen molar-refractivity contribution < 1.29 is 22.7 Å². The number of hydrogen-bond acceptors (Lipinski definition) is 7. The molecule has 3 aromatic rings. The van der Waals surface area contributed by atoms with Crippen LogP contribution >= 0.6 is 11.3 Å². The quantitative estimate of drug-likeness (QED) is 0.459. The molecule has 182 valence electrons. The first kappa shape index (κ1) is 24.8. The Hall–Kier alpha value is -3.33. The van der Waals surface area contributed by atoms with Gasteiger partial charge in [0.15, 0.2) is 5.13 Å². The average Bonchev–Trinajstić information content (AvgIpc) is 3.29. The van der Waals surface area contributed by atoms with Gasteiger partial charge in [0.1, 0.15) is 11.9 Å². The average molecular weight is 515 g/mol. The summed E-state index contributed by atoms with van der Waals surface area (Å²) in [6.45, 7) is 5.11. The fourth-order valence-electron chi connectivity index (χ4n) is 4.22. The van der Waals surface area contributed by atoms with Gasteiger partial charge in [-0.05, 0) is 41.3 Å². The van der Waals surface area contributed by atoms with Crippen LogP contribution in [0.15, 0.2) is 47.4 Å². The third kappa shape index (κ3) is 5.35. The maximum absolute atomic E-state index is 14.1. The molecule has 1 atom stereocenters. The minimum absolute atomic E-state index is 0.00445. The summed E-state index contributed by atoms with van der Waals surface area (Å²) >= 11 is 1.26. The van der Waals surface area contributed by atoms with Crippen molar-refractivity contribution in [3.05, 3.63) is 75.5 Å². The molecule has 1 aliphatic heterocycles. The molecule has 0 radical (unpaired) electrons. The molecule has 0 fully saturated rings. The normalized spacial score (nSPS) is 15.7. The third-order valence-electron chi connectivity index (χ3n) is 5.73. The fraction of sp³-hybridized carbons (Fsp3) is 0.292. The summed E-state index contributed by atoms with van der Waals surface area (Å²) in [6, 6.07) is 12.0. The van der Waals surface area contributed by atoms with Crippen molar-refractivity contribution in [1.82, 2.24) is 9.88 Å². The van der Waals surface area contributed by atoms with E-state index in [0.717, 1.165) is 16.1 Å². The highest BCUT2D eigenvalue weighted by Crippen LogP contribution is 2.43. The van der Waals surface area contributed by atoms with E-state index in [1.807, 2.05) is 19.9 Å². The van der Waals surface area contributed by atoms with Crippen LogP contribution in [0, 0.1) is 23.1 Å². The number of halogens is 1. The van der Waals surface area contributed by atoms with Gasteiger partial charge in [-0.1, -0.05) is 43.4 Å². The van der Waals surface area contributed by atoms with Gasteiger partial charge in [-0.25, -0.2) is 17.8 Å². The highest BCUT2D eigenvalue weighted by Gasteiger charge is 2.36. The van der Waals surface area contributed by atoms with Gasteiger partial charge in [-0.3, -0.25) is 14.4 Å². The van der Waals surface area contributed by atoms with Crippen LogP contribution in [0.25, 0.3) is 0 Å². The number of aromatic nitrogens is 1. The number of nitrogens with one attached hydrogen (secondary N) is 1. The third-order valence-corrected chi connectivity index (χ3v) is 8.18. The highest BCUT2D eigenvalue weighted by molar-refractivity contribution is 7.93. The first-order valence-corrected chi connectivity index (χ1v) is 13.1. The molecular formula is C24H23FN4O4S2. The molecule has 35 heavy (non-hydrogen) atoms. The molecule has 2 aromatic carbocycles. The summed E-state index contributed by atoms with van der Waals surface area (Å²) < 4.78 is 42.3. The molecule has 8 nitrogen and oxygen atoms in total. The number of carbonyl (C=O) groups is 1. The van der Waals surface area contributed by atoms with E-state index in [0.29, 0.717) is 18.7 Å². The Morgan fingerprint density at radius 1 is 1.29 bits per heavy atom. The Morgan fingerprint density at radius 2 is 1.97 bits per heavy atom. The van der Waals surface area contributed by atoms with Crippen LogP contribution in [0.1, 0.15) is 47.2 Å². The summed E-state index contributed by atoms with van der Waals surface area (Å²) in [4.78, 5) is 18.5. The Kier molecular flexibility index (Phi) is 6.89. The lowest BCUT2D eigenvalue weighted by Crippen LogP contribution is -2.26. The summed E-state index contributed by atoms with van der Waals surface area (Å²) in [5.74, 6) is -1.37.